The molecule has 3 saturated heterocycles. The van der Waals surface area contributed by atoms with E-state index in [1.54, 1.807) is 18.2 Å². The molecule has 99 heavy (non-hydrogen) atoms. The molecule has 1 aromatic heterocycles. The second kappa shape index (κ2) is 31.8. The molecule has 9 amide bonds. The molecule has 9 rings (SSSR count). The number of rotatable bonds is 25. The third kappa shape index (κ3) is 18.0. The lowest BCUT2D eigenvalue weighted by atomic mass is 9.98. The molecule has 0 spiro atoms. The Bertz CT molecular complexity index is 3960. The molecule has 0 bridgehead atoms. The number of ether oxygens (including phenoxy) is 2. The number of halogens is 2. The zero-order chi connectivity index (χ0) is 71.6. The quantitative estimate of drug-likeness (QED) is 0.00914. The number of thiophene rings is 1. The first-order chi connectivity index (χ1) is 46.9. The predicted molar refractivity (Wildman–Crippen MR) is 358 cm³/mol. The first-order valence-corrected chi connectivity index (χ1v) is 35.1. The number of carbonyl (C=O) groups excluding carboxylic acids is 11. The SMILES string of the molecule is CC(C)(C)C(=O)OCOP(=O)(OCOC(=O)C(C)(C)C)C(F)(F)c1ccc2sc(C(=O)N[C@H]3CN(C(=O)CCCCCC#Cc4cccc5c4CN(C4CCC(=O)NC4=O)C5=O)CC[C@H]4CC[C@@H](C(=O)N[C@@H](CCC(N)=O)C(=O)NC(c5ccccc5)c5ccccc5)N4C3=O)cc2c1. The Hall–Kier alpha value is -9.22. The van der Waals surface area contributed by atoms with Gasteiger partial charge in [-0.05, 0) is 139 Å². The number of alkyl halides is 2. The van der Waals surface area contributed by atoms with Crippen LogP contribution in [-0.4, -0.2) is 137 Å². The Balaban J connectivity index is 0.925. The van der Waals surface area contributed by atoms with E-state index >= 15 is 13.6 Å². The van der Waals surface area contributed by atoms with Gasteiger partial charge in [-0.2, -0.15) is 8.78 Å². The summed E-state index contributed by atoms with van der Waals surface area (Å²) in [5.41, 5.74) is 1.18. The molecular formula is C71H81F2N8O16PS. The van der Waals surface area contributed by atoms with E-state index in [0.29, 0.717) is 42.4 Å². The highest BCUT2D eigenvalue weighted by Crippen LogP contribution is 2.67. The Morgan fingerprint density at radius 2 is 1.42 bits per heavy atom. The van der Waals surface area contributed by atoms with Gasteiger partial charge < -0.3 is 45.9 Å². The number of hydrogen-bond donors (Lipinski definition) is 5. The fourth-order valence-corrected chi connectivity index (χ4v) is 14.2. The van der Waals surface area contributed by atoms with Gasteiger partial charge in [-0.3, -0.25) is 71.7 Å². The standard InChI is InChI=1S/C71H81F2N8O16PS/c1-69(2,3)67(91)94-41-96-98(93,97-42-95-68(92)70(4,5)6)71(72,73)47-27-32-55-46(37-47)38-56(99-55)64(88)76-52-40-79(59(84)26-17-9-7-8-12-19-43-24-18-25-49-50(43)39-80(65(49)89)53-31-34-58(83)77-62(53)86)36-35-48-28-30-54(81(48)66(52)90)63(87)75-51(29-33-57(74)82)61(85)78-60(44-20-13-10-14-21-44)45-22-15-11-16-23-45/h10-11,13-16,18,20-25,27,32,37-38,48,51-54,60H,7-9,17,26,28-31,33-36,39-42H2,1-6H3,(H2,74,82)(H,75,87)(H,76,88)(H,78,85)(H,77,83,86)/t48-,51+,52+,53?,54+/m1/s1. The largest absolute Gasteiger partial charge is 0.438 e. The van der Waals surface area contributed by atoms with E-state index < -0.39 is 127 Å². The molecule has 0 saturated carbocycles. The minimum Gasteiger partial charge on any atom is -0.438 e. The number of primary amides is 1. The molecule has 0 radical (unpaired) electrons. The second-order valence-electron chi connectivity index (χ2n) is 26.8. The van der Waals surface area contributed by atoms with Crippen LogP contribution in [0.15, 0.2) is 103 Å². The number of unbranched alkanes of at least 4 members (excludes halogenated alkanes) is 3. The van der Waals surface area contributed by atoms with Crippen molar-refractivity contribution in [1.29, 1.82) is 0 Å². The molecule has 24 nitrogen and oxygen atoms in total. The van der Waals surface area contributed by atoms with Gasteiger partial charge in [-0.25, -0.2) is 0 Å². The van der Waals surface area contributed by atoms with Gasteiger partial charge in [-0.15, -0.1) is 11.3 Å². The minimum atomic E-state index is -5.75. The van der Waals surface area contributed by atoms with Gasteiger partial charge >= 0.3 is 25.2 Å². The maximum Gasteiger partial charge on any atom is 0.410 e. The highest BCUT2D eigenvalue weighted by Gasteiger charge is 2.56. The number of hydrogen-bond acceptors (Lipinski definition) is 17. The number of nitrogens with zero attached hydrogens (tertiary/aromatic N) is 3. The number of imide groups is 1. The van der Waals surface area contributed by atoms with Crippen molar-refractivity contribution in [3.8, 4) is 11.8 Å². The van der Waals surface area contributed by atoms with E-state index in [0.717, 1.165) is 34.6 Å². The molecule has 0 aliphatic carbocycles. The molecule has 6 N–H and O–H groups in total. The van der Waals surface area contributed by atoms with Gasteiger partial charge in [0, 0.05) is 72.7 Å². The number of amides is 9. The fourth-order valence-electron chi connectivity index (χ4n) is 12.0. The van der Waals surface area contributed by atoms with Gasteiger partial charge in [0.15, 0.2) is 0 Å². The predicted octanol–water partition coefficient (Wildman–Crippen LogP) is 8.38. The summed E-state index contributed by atoms with van der Waals surface area (Å²) in [6.45, 7) is 6.41. The average molecular weight is 1400 g/mol. The Morgan fingerprint density at radius 1 is 0.768 bits per heavy atom. The van der Waals surface area contributed by atoms with Crippen LogP contribution in [-0.2, 0) is 78.4 Å². The Morgan fingerprint density at radius 3 is 2.05 bits per heavy atom. The van der Waals surface area contributed by atoms with Gasteiger partial charge in [0.1, 0.15) is 24.2 Å². The van der Waals surface area contributed by atoms with Crippen LogP contribution in [0.3, 0.4) is 0 Å². The van der Waals surface area contributed by atoms with Crippen molar-refractivity contribution in [2.45, 2.75) is 167 Å². The Labute approximate surface area is 575 Å². The highest BCUT2D eigenvalue weighted by atomic mass is 32.1. The van der Waals surface area contributed by atoms with Crippen LogP contribution >= 0.6 is 18.9 Å². The smallest absolute Gasteiger partial charge is 0.410 e. The molecule has 526 valence electrons. The molecule has 4 aliphatic heterocycles. The maximum absolute atomic E-state index is 16.8. The summed E-state index contributed by atoms with van der Waals surface area (Å²) in [6, 6.07) is 21.7. The van der Waals surface area contributed by atoms with Crippen molar-refractivity contribution in [3.05, 3.63) is 141 Å². The highest BCUT2D eigenvalue weighted by molar-refractivity contribution is 7.54. The summed E-state index contributed by atoms with van der Waals surface area (Å²) in [5, 5.41) is 11.0. The summed E-state index contributed by atoms with van der Waals surface area (Å²) < 4.78 is 68.1. The van der Waals surface area contributed by atoms with Crippen molar-refractivity contribution in [1.82, 2.24) is 36.0 Å². The second-order valence-corrected chi connectivity index (χ2v) is 30.0. The molecule has 5 aromatic rings. The summed E-state index contributed by atoms with van der Waals surface area (Å²) in [7, 11) is -5.75. The molecule has 4 aromatic carbocycles. The van der Waals surface area contributed by atoms with Crippen molar-refractivity contribution in [3.63, 3.8) is 0 Å². The van der Waals surface area contributed by atoms with E-state index in [4.69, 9.17) is 24.3 Å². The van der Waals surface area contributed by atoms with Crippen LogP contribution in [0.1, 0.15) is 172 Å². The molecule has 1 unspecified atom stereocenters. The van der Waals surface area contributed by atoms with Gasteiger partial charge in [-0.1, -0.05) is 91.1 Å². The molecule has 28 heteroatoms. The summed E-state index contributed by atoms with van der Waals surface area (Å²) in [6.07, 6.45) is 2.58. The number of fused-ring (bicyclic) bond motifs is 3. The van der Waals surface area contributed by atoms with E-state index in [1.165, 1.54) is 68.4 Å². The zero-order valence-corrected chi connectivity index (χ0v) is 57.6. The normalized spacial score (nSPS) is 18.5. The average Bonchev–Trinajstić information content (AvgIpc) is 1.77. The van der Waals surface area contributed by atoms with E-state index in [9.17, 15) is 52.5 Å². The van der Waals surface area contributed by atoms with Crippen molar-refractivity contribution in [2.24, 2.45) is 16.6 Å². The van der Waals surface area contributed by atoms with Crippen molar-refractivity contribution in [2.75, 3.05) is 26.7 Å². The zero-order valence-electron chi connectivity index (χ0n) is 55.9. The van der Waals surface area contributed by atoms with Crippen LogP contribution in [0, 0.1) is 22.7 Å². The van der Waals surface area contributed by atoms with E-state index in [-0.39, 0.29) is 104 Å². The lowest BCUT2D eigenvalue weighted by molar-refractivity contribution is -0.163. The lowest BCUT2D eigenvalue weighted by Crippen LogP contribution is -2.62. The van der Waals surface area contributed by atoms with Gasteiger partial charge in [0.05, 0.1) is 21.7 Å². The number of piperidine rings is 1. The number of nitrogens with two attached hydrogens (primary N) is 1. The van der Waals surface area contributed by atoms with Crippen LogP contribution in [0.2, 0.25) is 0 Å². The van der Waals surface area contributed by atoms with E-state index in [1.807, 2.05) is 60.7 Å². The summed E-state index contributed by atoms with van der Waals surface area (Å²) >= 11 is 0.856. The van der Waals surface area contributed by atoms with Gasteiger partial charge in [0.2, 0.25) is 54.9 Å². The van der Waals surface area contributed by atoms with Crippen molar-refractivity contribution >= 4 is 94.1 Å². The number of esters is 2. The summed E-state index contributed by atoms with van der Waals surface area (Å²) in [4.78, 5) is 153. The lowest BCUT2D eigenvalue weighted by Gasteiger charge is -2.39. The number of carbonyl (C=O) groups is 11. The molecule has 4 aliphatic rings. The molecular weight excluding hydrogens is 1320 g/mol. The number of benzene rings is 4. The van der Waals surface area contributed by atoms with Crippen LogP contribution in [0.5, 0.6) is 0 Å². The first kappa shape index (κ1) is 74.0. The molecule has 5 heterocycles. The topological polar surface area (TPSA) is 326 Å². The van der Waals surface area contributed by atoms with Crippen molar-refractivity contribution < 1.29 is 84.6 Å². The van der Waals surface area contributed by atoms with Crippen LogP contribution < -0.4 is 27.0 Å². The fraction of sp³-hybridized carbons (Fsp3) is 0.451. The van der Waals surface area contributed by atoms with E-state index in [2.05, 4.69) is 33.1 Å². The van der Waals surface area contributed by atoms with Crippen LogP contribution in [0.4, 0.5) is 8.78 Å². The molecule has 5 atom stereocenters. The summed E-state index contributed by atoms with van der Waals surface area (Å²) in [5.74, 6) is -0.640. The van der Waals surface area contributed by atoms with Gasteiger partial charge in [0.25, 0.3) is 11.8 Å². The minimum absolute atomic E-state index is 0.0440. The maximum atomic E-state index is 16.8. The first-order valence-electron chi connectivity index (χ1n) is 32.7. The third-order valence-electron chi connectivity index (χ3n) is 17.5. The third-order valence-corrected chi connectivity index (χ3v) is 20.4. The Kier molecular flexibility index (Phi) is 23.7. The molecule has 3 fully saturated rings. The monoisotopic (exact) mass is 1400 g/mol. The number of nitrogens with one attached hydrogen (secondary N) is 4. The van der Waals surface area contributed by atoms with Crippen LogP contribution in [0.25, 0.3) is 10.1 Å².